The van der Waals surface area contributed by atoms with E-state index in [0.717, 1.165) is 28.7 Å². The third-order valence-corrected chi connectivity index (χ3v) is 7.94. The molecule has 38 heavy (non-hydrogen) atoms. The summed E-state index contributed by atoms with van der Waals surface area (Å²) in [6.45, 7) is 0.131. The summed E-state index contributed by atoms with van der Waals surface area (Å²) in [6, 6.07) is 7.71. The smallest absolute Gasteiger partial charge is 0.433 e. The molecule has 1 atom stereocenters. The van der Waals surface area contributed by atoms with E-state index in [0.29, 0.717) is 34.9 Å². The predicted molar refractivity (Wildman–Crippen MR) is 127 cm³/mol. The van der Waals surface area contributed by atoms with Gasteiger partial charge in [0.05, 0.1) is 0 Å². The van der Waals surface area contributed by atoms with Crippen molar-refractivity contribution in [1.82, 2.24) is 19.6 Å². The van der Waals surface area contributed by atoms with Gasteiger partial charge in [0.25, 0.3) is 10.0 Å². The Kier molecular flexibility index (Phi) is 6.65. The van der Waals surface area contributed by atoms with Crippen LogP contribution in [0.3, 0.4) is 0 Å². The van der Waals surface area contributed by atoms with Crippen LogP contribution in [0.5, 0.6) is 0 Å². The van der Waals surface area contributed by atoms with Gasteiger partial charge in [-0.15, -0.1) is 0 Å². The summed E-state index contributed by atoms with van der Waals surface area (Å²) in [5.41, 5.74) is 0.675. The summed E-state index contributed by atoms with van der Waals surface area (Å²) in [5.74, 6) is -1.05. The summed E-state index contributed by atoms with van der Waals surface area (Å²) in [4.78, 5) is 20.5. The second kappa shape index (κ2) is 9.80. The van der Waals surface area contributed by atoms with E-state index in [1.54, 1.807) is 6.07 Å². The molecule has 1 aliphatic heterocycles. The van der Waals surface area contributed by atoms with Crippen LogP contribution in [0.1, 0.15) is 24.1 Å². The fraction of sp³-hybridized carbons (Fsp3) is 0.240. The van der Waals surface area contributed by atoms with Crippen LogP contribution in [0.2, 0.25) is 0 Å². The second-order valence-corrected chi connectivity index (χ2v) is 10.6. The average molecular weight is 549 g/mol. The monoisotopic (exact) mass is 548 g/mol. The molecule has 0 aliphatic carbocycles. The average Bonchev–Trinajstić information content (AvgIpc) is 3.55. The zero-order valence-corrected chi connectivity index (χ0v) is 20.4. The molecule has 0 saturated carbocycles. The number of amides is 1. The van der Waals surface area contributed by atoms with E-state index in [2.05, 4.69) is 15.3 Å². The van der Waals surface area contributed by atoms with Gasteiger partial charge in [-0.1, -0.05) is 6.07 Å². The first-order valence-electron chi connectivity index (χ1n) is 11.5. The molecule has 1 aromatic carbocycles. The quantitative estimate of drug-likeness (QED) is 0.356. The highest BCUT2D eigenvalue weighted by Gasteiger charge is 2.41. The molecule has 0 bridgehead atoms. The molecule has 1 saturated heterocycles. The first kappa shape index (κ1) is 25.8. The third-order valence-electron chi connectivity index (χ3n) is 6.17. The van der Waals surface area contributed by atoms with Crippen LogP contribution in [0.25, 0.3) is 22.1 Å². The minimum atomic E-state index is -4.55. The summed E-state index contributed by atoms with van der Waals surface area (Å²) in [7, 11) is -4.16. The van der Waals surface area contributed by atoms with E-state index in [1.165, 1.54) is 30.6 Å². The van der Waals surface area contributed by atoms with E-state index in [-0.39, 0.29) is 23.8 Å². The highest BCUT2D eigenvalue weighted by atomic mass is 32.2. The lowest BCUT2D eigenvalue weighted by Gasteiger charge is -2.22. The summed E-state index contributed by atoms with van der Waals surface area (Å²) >= 11 is 0. The van der Waals surface area contributed by atoms with Gasteiger partial charge in [-0.25, -0.2) is 12.8 Å². The van der Waals surface area contributed by atoms with Crippen molar-refractivity contribution >= 4 is 26.9 Å². The van der Waals surface area contributed by atoms with Gasteiger partial charge in [0.15, 0.2) is 0 Å². The zero-order chi connectivity index (χ0) is 27.1. The largest absolute Gasteiger partial charge is 0.443 e. The number of furan rings is 1. The lowest BCUT2D eigenvalue weighted by molar-refractivity contribution is -0.141. The molecule has 8 nitrogen and oxygen atoms in total. The number of hydrogen-bond donors (Lipinski definition) is 1. The van der Waals surface area contributed by atoms with E-state index < -0.39 is 39.7 Å². The molecular weight excluding hydrogens is 528 g/mol. The summed E-state index contributed by atoms with van der Waals surface area (Å²) in [6.07, 6.45) is 0.250. The van der Waals surface area contributed by atoms with E-state index in [4.69, 9.17) is 4.42 Å². The number of benzene rings is 1. The number of carbonyl (C=O) groups is 1. The van der Waals surface area contributed by atoms with Gasteiger partial charge < -0.3 is 9.73 Å². The molecule has 13 heteroatoms. The number of alkyl halides is 3. The van der Waals surface area contributed by atoms with Crippen LogP contribution < -0.4 is 5.32 Å². The Balaban J connectivity index is 1.28. The third kappa shape index (κ3) is 5.11. The molecule has 1 aliphatic rings. The van der Waals surface area contributed by atoms with Gasteiger partial charge >= 0.3 is 6.18 Å². The Morgan fingerprint density at radius 3 is 2.63 bits per heavy atom. The molecule has 0 radical (unpaired) electrons. The van der Waals surface area contributed by atoms with Crippen molar-refractivity contribution in [3.05, 3.63) is 78.1 Å². The fourth-order valence-corrected chi connectivity index (χ4v) is 5.91. The highest BCUT2D eigenvalue weighted by molar-refractivity contribution is 7.89. The topological polar surface area (TPSA) is 105 Å². The van der Waals surface area contributed by atoms with Gasteiger partial charge in [0.2, 0.25) is 11.0 Å². The Morgan fingerprint density at radius 1 is 1.08 bits per heavy atom. The Morgan fingerprint density at radius 2 is 1.89 bits per heavy atom. The number of pyridine rings is 2. The number of nitrogens with zero attached hydrogens (tertiary/aromatic N) is 3. The summed E-state index contributed by atoms with van der Waals surface area (Å²) in [5, 5.41) is 2.62. The maximum absolute atomic E-state index is 13.5. The lowest BCUT2D eigenvalue weighted by atomic mass is 10.1. The van der Waals surface area contributed by atoms with Crippen molar-refractivity contribution in [3.8, 4) is 11.1 Å². The second-order valence-electron chi connectivity index (χ2n) is 8.75. The molecule has 1 unspecified atom stereocenters. The molecule has 198 valence electrons. The first-order valence-corrected chi connectivity index (χ1v) is 12.9. The van der Waals surface area contributed by atoms with Crippen molar-refractivity contribution in [3.63, 3.8) is 0 Å². The van der Waals surface area contributed by atoms with Gasteiger partial charge in [0.1, 0.15) is 23.1 Å². The molecule has 0 spiro atoms. The number of carbonyl (C=O) groups excluding carboxylic acids is 1. The molecular formula is C25H20F4N4O4S. The Labute approximate surface area is 214 Å². The van der Waals surface area contributed by atoms with Crippen LogP contribution in [0.15, 0.2) is 70.6 Å². The van der Waals surface area contributed by atoms with Gasteiger partial charge in [-0.2, -0.15) is 17.5 Å². The lowest BCUT2D eigenvalue weighted by Crippen LogP contribution is -2.45. The molecule has 1 fully saturated rings. The summed E-state index contributed by atoms with van der Waals surface area (Å²) < 4.78 is 84.8. The number of sulfonamides is 1. The Bertz CT molecular complexity index is 1600. The minimum absolute atomic E-state index is 0.0159. The van der Waals surface area contributed by atoms with Crippen molar-refractivity contribution in [2.45, 2.75) is 36.7 Å². The normalized spacial score (nSPS) is 16.7. The molecule has 1 amide bonds. The van der Waals surface area contributed by atoms with Gasteiger partial charge in [-0.3, -0.25) is 14.8 Å². The number of aromatic nitrogens is 2. The van der Waals surface area contributed by atoms with E-state index in [9.17, 15) is 30.8 Å². The SMILES string of the molecule is O=C(NCc1cncc(-c2ccc(C(F)(F)F)nc2)c1)C1CCCN1S(=O)(=O)c1cc2cc(F)ccc2o1. The molecule has 4 aromatic rings. The highest BCUT2D eigenvalue weighted by Crippen LogP contribution is 2.31. The van der Waals surface area contributed by atoms with E-state index >= 15 is 0 Å². The minimum Gasteiger partial charge on any atom is -0.443 e. The Hall–Kier alpha value is -3.84. The van der Waals surface area contributed by atoms with Crippen LogP contribution in [-0.2, 0) is 27.5 Å². The predicted octanol–water partition coefficient (Wildman–Crippen LogP) is 4.52. The van der Waals surface area contributed by atoms with Crippen molar-refractivity contribution in [1.29, 1.82) is 0 Å². The van der Waals surface area contributed by atoms with Crippen molar-refractivity contribution in [2.24, 2.45) is 0 Å². The molecule has 1 N–H and O–H groups in total. The number of halogens is 4. The standard InChI is InChI=1S/C25H20F4N4O4S/c26-19-4-5-21-17(9-19)10-23(37-21)38(35,36)33-7-1-2-20(33)24(34)32-12-15-8-18(13-30-11-15)16-3-6-22(31-14-16)25(27,28)29/h3-6,8-11,13-14,20H,1-2,7,12H2,(H,32,34). The number of nitrogens with one attached hydrogen (secondary N) is 1. The maximum Gasteiger partial charge on any atom is 0.433 e. The molecule has 3 aromatic heterocycles. The van der Waals surface area contributed by atoms with Crippen LogP contribution in [-0.4, -0.2) is 41.2 Å². The van der Waals surface area contributed by atoms with Crippen LogP contribution in [0, 0.1) is 5.82 Å². The van der Waals surface area contributed by atoms with Gasteiger partial charge in [-0.05, 0) is 48.7 Å². The zero-order valence-electron chi connectivity index (χ0n) is 19.6. The fourth-order valence-electron chi connectivity index (χ4n) is 4.30. The number of fused-ring (bicyclic) bond motifs is 1. The molecule has 4 heterocycles. The number of rotatable bonds is 6. The first-order chi connectivity index (χ1) is 18.0. The maximum atomic E-state index is 13.5. The van der Waals surface area contributed by atoms with Crippen LogP contribution in [0.4, 0.5) is 17.6 Å². The van der Waals surface area contributed by atoms with Crippen molar-refractivity contribution < 1.29 is 35.2 Å². The van der Waals surface area contributed by atoms with E-state index in [1.807, 2.05) is 0 Å². The van der Waals surface area contributed by atoms with Crippen LogP contribution >= 0.6 is 0 Å². The van der Waals surface area contributed by atoms with Crippen molar-refractivity contribution in [2.75, 3.05) is 6.54 Å². The number of hydrogen-bond acceptors (Lipinski definition) is 6. The molecule has 5 rings (SSSR count). The van der Waals surface area contributed by atoms with Gasteiger partial charge in [0, 0.05) is 54.3 Å².